The molecule has 2 aliphatic rings. The van der Waals surface area contributed by atoms with Gasteiger partial charge in [0.1, 0.15) is 12.2 Å². The van der Waals surface area contributed by atoms with Crippen molar-refractivity contribution in [2.75, 3.05) is 38.1 Å². The molecule has 1 fully saturated rings. The number of likely N-dealkylation sites (N-methyl/N-ethyl adjacent to an activating group) is 1. The van der Waals surface area contributed by atoms with Gasteiger partial charge in [0.25, 0.3) is 0 Å². The van der Waals surface area contributed by atoms with Gasteiger partial charge in [-0.15, -0.1) is 0 Å². The maximum atomic E-state index is 11.4. The number of hydrogen-bond donors (Lipinski definition) is 2. The Morgan fingerprint density at radius 1 is 1.17 bits per heavy atom. The molecule has 5 rings (SSSR count). The molecule has 1 saturated heterocycles. The predicted octanol–water partition coefficient (Wildman–Crippen LogP) is 4.27. The van der Waals surface area contributed by atoms with Crippen LogP contribution in [0, 0.1) is 11.3 Å². The summed E-state index contributed by atoms with van der Waals surface area (Å²) in [7, 11) is 2.13. The topological polar surface area (TPSA) is 66.3 Å². The third-order valence-electron chi connectivity index (χ3n) is 6.80. The van der Waals surface area contributed by atoms with Crippen LogP contribution in [0.3, 0.4) is 0 Å². The Morgan fingerprint density at radius 3 is 2.60 bits per heavy atom. The van der Waals surface area contributed by atoms with E-state index in [1.54, 1.807) is 0 Å². The number of aliphatic hydroxyl groups is 1. The Bertz CT molecular complexity index is 1200. The van der Waals surface area contributed by atoms with E-state index in [2.05, 4.69) is 69.8 Å². The first-order valence-electron chi connectivity index (χ1n) is 10.3. The molecule has 0 radical (unpaired) electrons. The fraction of sp³-hybridized carbons (Fsp3) is 0.375. The molecule has 3 aromatic rings. The van der Waals surface area contributed by atoms with Gasteiger partial charge in [0.2, 0.25) is 0 Å². The molecule has 1 unspecified atom stereocenters. The van der Waals surface area contributed by atoms with Crippen LogP contribution in [0.15, 0.2) is 34.8 Å². The van der Waals surface area contributed by atoms with Gasteiger partial charge < -0.3 is 19.9 Å². The number of hydrogen-bond acceptors (Lipinski definition) is 4. The van der Waals surface area contributed by atoms with Gasteiger partial charge in [-0.1, -0.05) is 35.8 Å². The van der Waals surface area contributed by atoms with Crippen molar-refractivity contribution < 1.29 is 5.11 Å². The lowest BCUT2D eigenvalue weighted by atomic mass is 9.70. The number of nitrogens with zero attached hydrogens (tertiary/aromatic N) is 3. The molecule has 0 amide bonds. The summed E-state index contributed by atoms with van der Waals surface area (Å²) in [6.07, 6.45) is -0.758. The number of anilines is 1. The van der Waals surface area contributed by atoms with Crippen LogP contribution in [0.25, 0.3) is 10.9 Å². The minimum Gasteiger partial charge on any atom is -0.384 e. The van der Waals surface area contributed by atoms with E-state index in [9.17, 15) is 10.4 Å². The molecule has 2 N–H and O–H groups in total. The Balaban J connectivity index is 1.70. The first-order chi connectivity index (χ1) is 14.3. The van der Waals surface area contributed by atoms with E-state index in [1.165, 1.54) is 0 Å². The lowest BCUT2D eigenvalue weighted by molar-refractivity contribution is 0.211. The minimum atomic E-state index is -0.758. The van der Waals surface area contributed by atoms with E-state index in [-0.39, 0.29) is 5.41 Å². The molecule has 1 aliphatic carbocycles. The fourth-order valence-electron chi connectivity index (χ4n) is 5.03. The van der Waals surface area contributed by atoms with E-state index < -0.39 is 6.10 Å². The number of halogens is 1. The predicted molar refractivity (Wildman–Crippen MR) is 123 cm³/mol. The molecule has 6 heteroatoms. The van der Waals surface area contributed by atoms with Crippen LogP contribution in [0.5, 0.6) is 0 Å². The second kappa shape index (κ2) is 6.84. The molecule has 2 heterocycles. The number of aromatic amines is 1. The first kappa shape index (κ1) is 19.6. The van der Waals surface area contributed by atoms with E-state index in [0.29, 0.717) is 5.56 Å². The highest BCUT2D eigenvalue weighted by Crippen LogP contribution is 2.49. The van der Waals surface area contributed by atoms with Crippen LogP contribution < -0.4 is 4.90 Å². The van der Waals surface area contributed by atoms with Crippen molar-refractivity contribution in [2.45, 2.75) is 25.4 Å². The molecular weight excluding hydrogens is 440 g/mol. The fourth-order valence-corrected chi connectivity index (χ4v) is 5.39. The van der Waals surface area contributed by atoms with Crippen LogP contribution in [0.2, 0.25) is 0 Å². The average molecular weight is 465 g/mol. The molecule has 154 valence electrons. The maximum absolute atomic E-state index is 11.4. The van der Waals surface area contributed by atoms with Crippen LogP contribution in [-0.4, -0.2) is 48.2 Å². The Morgan fingerprint density at radius 2 is 1.90 bits per heavy atom. The average Bonchev–Trinajstić information content (AvgIpc) is 3.12. The summed E-state index contributed by atoms with van der Waals surface area (Å²) in [5, 5.41) is 22.3. The van der Waals surface area contributed by atoms with Crippen molar-refractivity contribution in [3.8, 4) is 6.07 Å². The number of aliphatic hydroxyl groups excluding tert-OH is 1. The van der Waals surface area contributed by atoms with Gasteiger partial charge in [-0.05, 0) is 42.4 Å². The summed E-state index contributed by atoms with van der Waals surface area (Å²) in [4.78, 5) is 8.19. The number of aromatic nitrogens is 1. The van der Waals surface area contributed by atoms with E-state index >= 15 is 0 Å². The molecule has 1 aromatic heterocycles. The zero-order valence-electron chi connectivity index (χ0n) is 17.5. The minimum absolute atomic E-state index is 0.315. The summed E-state index contributed by atoms with van der Waals surface area (Å²) in [6, 6.07) is 12.5. The molecule has 30 heavy (non-hydrogen) atoms. The standard InChI is InChI=1S/C24H25BrN4O/c1-24(2)18-12-20(29-8-6-28(3)7-9-29)14(13-26)10-17(18)22(30)21-16-5-4-15(25)11-19(16)27-23(21)24/h4-5,10-12,22,27,30H,6-9H2,1-3H3. The van der Waals surface area contributed by atoms with Crippen molar-refractivity contribution in [3.05, 3.63) is 62.8 Å². The number of rotatable bonds is 1. The van der Waals surface area contributed by atoms with Crippen molar-refractivity contribution in [1.29, 1.82) is 5.26 Å². The summed E-state index contributed by atoms with van der Waals surface area (Å²) in [5.74, 6) is 0. The number of piperazine rings is 1. The van der Waals surface area contributed by atoms with Crippen LogP contribution in [0.1, 0.15) is 47.9 Å². The maximum Gasteiger partial charge on any atom is 0.107 e. The normalized spacial score (nSPS) is 20.7. The van der Waals surface area contributed by atoms with Gasteiger partial charge in [0.05, 0.1) is 11.3 Å². The van der Waals surface area contributed by atoms with Crippen molar-refractivity contribution in [1.82, 2.24) is 9.88 Å². The molecule has 0 bridgehead atoms. The molecule has 0 saturated carbocycles. The Labute approximate surface area is 185 Å². The highest BCUT2D eigenvalue weighted by Gasteiger charge is 2.40. The van der Waals surface area contributed by atoms with E-state index in [0.717, 1.165) is 69.6 Å². The molecule has 1 atom stereocenters. The van der Waals surface area contributed by atoms with Gasteiger partial charge in [-0.3, -0.25) is 0 Å². The summed E-state index contributed by atoms with van der Waals surface area (Å²) in [5.41, 5.74) is 6.20. The molecule has 5 nitrogen and oxygen atoms in total. The van der Waals surface area contributed by atoms with E-state index in [4.69, 9.17) is 0 Å². The summed E-state index contributed by atoms with van der Waals surface area (Å²) < 4.78 is 1.00. The largest absolute Gasteiger partial charge is 0.384 e. The first-order valence-corrected chi connectivity index (χ1v) is 11.1. The highest BCUT2D eigenvalue weighted by molar-refractivity contribution is 9.10. The monoisotopic (exact) mass is 464 g/mol. The number of nitrogens with one attached hydrogen (secondary N) is 1. The third kappa shape index (κ3) is 2.80. The lowest BCUT2D eigenvalue weighted by Gasteiger charge is -2.39. The van der Waals surface area contributed by atoms with Crippen molar-refractivity contribution in [2.24, 2.45) is 0 Å². The van der Waals surface area contributed by atoms with Gasteiger partial charge in [-0.2, -0.15) is 5.26 Å². The number of fused-ring (bicyclic) bond motifs is 4. The zero-order valence-corrected chi connectivity index (χ0v) is 19.0. The second-order valence-corrected chi connectivity index (χ2v) is 9.91. The van der Waals surface area contributed by atoms with Gasteiger partial charge in [0.15, 0.2) is 0 Å². The zero-order chi connectivity index (χ0) is 21.2. The smallest absolute Gasteiger partial charge is 0.107 e. The van der Waals surface area contributed by atoms with Gasteiger partial charge >= 0.3 is 0 Å². The lowest BCUT2D eigenvalue weighted by Crippen LogP contribution is -2.45. The Kier molecular flexibility index (Phi) is 4.48. The van der Waals surface area contributed by atoms with Gasteiger partial charge in [-0.25, -0.2) is 0 Å². The number of nitriles is 1. The van der Waals surface area contributed by atoms with Crippen molar-refractivity contribution in [3.63, 3.8) is 0 Å². The summed E-state index contributed by atoms with van der Waals surface area (Å²) in [6.45, 7) is 8.16. The van der Waals surface area contributed by atoms with Crippen molar-refractivity contribution >= 4 is 32.5 Å². The second-order valence-electron chi connectivity index (χ2n) is 8.99. The molecule has 1 aliphatic heterocycles. The SMILES string of the molecule is CN1CCN(c2cc3c(cc2C#N)C(O)c2c([nH]c4cc(Br)ccc24)C3(C)C)CC1. The van der Waals surface area contributed by atoms with E-state index in [1.807, 2.05) is 18.2 Å². The van der Waals surface area contributed by atoms with Crippen LogP contribution >= 0.6 is 15.9 Å². The third-order valence-corrected chi connectivity index (χ3v) is 7.29. The highest BCUT2D eigenvalue weighted by atomic mass is 79.9. The molecule has 0 spiro atoms. The quantitative estimate of drug-likeness (QED) is 0.563. The number of H-pyrrole nitrogens is 1. The van der Waals surface area contributed by atoms with Gasteiger partial charge in [0, 0.05) is 58.2 Å². The molecule has 2 aromatic carbocycles. The molecular formula is C24H25BrN4O. The number of benzene rings is 2. The van der Waals surface area contributed by atoms with Crippen LogP contribution in [-0.2, 0) is 5.41 Å². The van der Waals surface area contributed by atoms with Crippen LogP contribution in [0.4, 0.5) is 5.69 Å². The Hall–Kier alpha value is -2.33. The summed E-state index contributed by atoms with van der Waals surface area (Å²) >= 11 is 3.55.